The lowest BCUT2D eigenvalue weighted by Gasteiger charge is -2.36. The highest BCUT2D eigenvalue weighted by Crippen LogP contribution is 2.18. The van der Waals surface area contributed by atoms with E-state index < -0.39 is 0 Å². The van der Waals surface area contributed by atoms with Gasteiger partial charge in [0.25, 0.3) is 0 Å². The molecule has 0 saturated carbocycles. The van der Waals surface area contributed by atoms with E-state index in [0.717, 1.165) is 26.2 Å². The van der Waals surface area contributed by atoms with Crippen molar-refractivity contribution >= 4 is 5.91 Å². The second-order valence-electron chi connectivity index (χ2n) is 3.12. The van der Waals surface area contributed by atoms with Crippen molar-refractivity contribution in [2.24, 2.45) is 5.92 Å². The zero-order chi connectivity index (χ0) is 6.97. The first-order valence-corrected chi connectivity index (χ1v) is 3.86. The van der Waals surface area contributed by atoms with Crippen LogP contribution in [0, 0.1) is 5.92 Å². The molecule has 2 saturated heterocycles. The smallest absolute Gasteiger partial charge is 0.225 e. The highest BCUT2D eigenvalue weighted by atomic mass is 16.2. The maximum Gasteiger partial charge on any atom is 0.225 e. The largest absolute Gasteiger partial charge is 0.343 e. The average molecular weight is 140 g/mol. The number of carbonyl (C=O) groups is 1. The van der Waals surface area contributed by atoms with Crippen molar-refractivity contribution in [1.82, 2.24) is 10.2 Å². The molecule has 2 heterocycles. The van der Waals surface area contributed by atoms with Gasteiger partial charge in [-0.2, -0.15) is 0 Å². The van der Waals surface area contributed by atoms with Gasteiger partial charge in [0.15, 0.2) is 0 Å². The van der Waals surface area contributed by atoms with Gasteiger partial charge in [-0.1, -0.05) is 0 Å². The summed E-state index contributed by atoms with van der Waals surface area (Å²) in [5, 5.41) is 2.87. The second-order valence-corrected chi connectivity index (χ2v) is 3.12. The Kier molecular flexibility index (Phi) is 1.38. The lowest BCUT2D eigenvalue weighted by atomic mass is 9.96. The van der Waals surface area contributed by atoms with Crippen LogP contribution < -0.4 is 5.32 Å². The molecule has 0 aliphatic carbocycles. The van der Waals surface area contributed by atoms with Crippen LogP contribution in [0.2, 0.25) is 0 Å². The number of hydrogen-bond donors (Lipinski definition) is 1. The summed E-state index contributed by atoms with van der Waals surface area (Å²) < 4.78 is 0. The molecule has 2 rings (SSSR count). The molecule has 2 unspecified atom stereocenters. The first-order chi connectivity index (χ1) is 4.86. The Hall–Kier alpha value is -0.570. The summed E-state index contributed by atoms with van der Waals surface area (Å²) in [6.07, 6.45) is 2.28. The van der Waals surface area contributed by atoms with E-state index >= 15 is 0 Å². The fourth-order valence-corrected chi connectivity index (χ4v) is 1.75. The number of rotatable bonds is 0. The molecule has 10 heavy (non-hydrogen) atoms. The molecule has 0 aromatic rings. The van der Waals surface area contributed by atoms with Crippen molar-refractivity contribution in [2.45, 2.75) is 12.8 Å². The second kappa shape index (κ2) is 2.23. The molecule has 3 nitrogen and oxygen atoms in total. The summed E-state index contributed by atoms with van der Waals surface area (Å²) in [7, 11) is 0. The molecular formula is C7H12N2O. The Morgan fingerprint density at radius 2 is 2.50 bits per heavy atom. The predicted octanol–water partition coefficient (Wildman–Crippen LogP) is -0.214. The summed E-state index contributed by atoms with van der Waals surface area (Å²) in [5.74, 6) is 0.554. The van der Waals surface area contributed by atoms with Gasteiger partial charge in [0, 0.05) is 6.54 Å². The number of nitrogens with zero attached hydrogens (tertiary/aromatic N) is 1. The van der Waals surface area contributed by atoms with Crippen LogP contribution >= 0.6 is 0 Å². The van der Waals surface area contributed by atoms with E-state index in [1.54, 1.807) is 0 Å². The zero-order valence-corrected chi connectivity index (χ0v) is 5.97. The molecule has 2 fully saturated rings. The molecule has 2 aliphatic heterocycles. The third kappa shape index (κ3) is 0.904. The molecule has 2 aliphatic rings. The molecule has 1 amide bonds. The Balaban J connectivity index is 2.07. The summed E-state index contributed by atoms with van der Waals surface area (Å²) in [6.45, 7) is 2.93. The molecule has 2 bridgehead atoms. The van der Waals surface area contributed by atoms with Gasteiger partial charge in [0.1, 0.15) is 0 Å². The van der Waals surface area contributed by atoms with E-state index in [1.165, 1.54) is 6.42 Å². The van der Waals surface area contributed by atoms with Crippen LogP contribution in [0.4, 0.5) is 0 Å². The Bertz CT molecular complexity index is 158. The zero-order valence-electron chi connectivity index (χ0n) is 5.97. The molecule has 0 radical (unpaired) electrons. The summed E-state index contributed by atoms with van der Waals surface area (Å²) in [5.41, 5.74) is 0. The Morgan fingerprint density at radius 3 is 3.30 bits per heavy atom. The Morgan fingerprint density at radius 1 is 1.60 bits per heavy atom. The van der Waals surface area contributed by atoms with Crippen LogP contribution in [-0.4, -0.2) is 30.6 Å². The van der Waals surface area contributed by atoms with E-state index in [-0.39, 0.29) is 5.91 Å². The molecule has 0 spiro atoms. The third-order valence-corrected chi connectivity index (χ3v) is 2.35. The van der Waals surface area contributed by atoms with Crippen molar-refractivity contribution < 1.29 is 4.79 Å². The SMILES string of the molecule is O=C1NCN2CCCC1C2. The number of hydrogen-bond acceptors (Lipinski definition) is 2. The van der Waals surface area contributed by atoms with Crippen molar-refractivity contribution in [3.8, 4) is 0 Å². The van der Waals surface area contributed by atoms with Gasteiger partial charge in [0.05, 0.1) is 12.6 Å². The topological polar surface area (TPSA) is 32.3 Å². The fraction of sp³-hybridized carbons (Fsp3) is 0.857. The monoisotopic (exact) mass is 140 g/mol. The molecule has 2 atom stereocenters. The van der Waals surface area contributed by atoms with Crippen molar-refractivity contribution in [3.63, 3.8) is 0 Å². The van der Waals surface area contributed by atoms with Crippen LogP contribution in [0.15, 0.2) is 0 Å². The van der Waals surface area contributed by atoms with E-state index in [2.05, 4.69) is 10.2 Å². The summed E-state index contributed by atoms with van der Waals surface area (Å²) in [4.78, 5) is 13.4. The maximum absolute atomic E-state index is 11.1. The normalized spacial score (nSPS) is 39.0. The van der Waals surface area contributed by atoms with Gasteiger partial charge in [0.2, 0.25) is 5.91 Å². The van der Waals surface area contributed by atoms with E-state index in [1.807, 2.05) is 0 Å². The minimum absolute atomic E-state index is 0.260. The van der Waals surface area contributed by atoms with E-state index in [9.17, 15) is 4.79 Å². The van der Waals surface area contributed by atoms with Gasteiger partial charge < -0.3 is 5.32 Å². The van der Waals surface area contributed by atoms with Gasteiger partial charge in [-0.15, -0.1) is 0 Å². The van der Waals surface area contributed by atoms with Crippen LogP contribution in [0.25, 0.3) is 0 Å². The number of amides is 1. The van der Waals surface area contributed by atoms with Crippen molar-refractivity contribution in [2.75, 3.05) is 19.8 Å². The first kappa shape index (κ1) is 6.16. The standard InChI is InChI=1S/C7H12N2O/c10-7-6-2-1-3-9(4-6)5-8-7/h6H,1-5H2,(H,8,10). The highest BCUT2D eigenvalue weighted by Gasteiger charge is 2.29. The van der Waals surface area contributed by atoms with Crippen molar-refractivity contribution in [1.29, 1.82) is 0 Å². The van der Waals surface area contributed by atoms with Crippen LogP contribution in [0.1, 0.15) is 12.8 Å². The maximum atomic E-state index is 11.1. The van der Waals surface area contributed by atoms with Crippen LogP contribution in [0.3, 0.4) is 0 Å². The average Bonchev–Trinajstić information content (AvgIpc) is 1.99. The number of carbonyl (C=O) groups excluding carboxylic acids is 1. The van der Waals surface area contributed by atoms with Gasteiger partial charge in [-0.3, -0.25) is 9.69 Å². The molecule has 3 heteroatoms. The molecule has 1 N–H and O–H groups in total. The third-order valence-electron chi connectivity index (χ3n) is 2.35. The molecule has 0 aromatic heterocycles. The van der Waals surface area contributed by atoms with Gasteiger partial charge in [-0.05, 0) is 19.4 Å². The van der Waals surface area contributed by atoms with Crippen LogP contribution in [-0.2, 0) is 4.79 Å². The van der Waals surface area contributed by atoms with Gasteiger partial charge in [-0.25, -0.2) is 0 Å². The van der Waals surface area contributed by atoms with Gasteiger partial charge >= 0.3 is 0 Å². The predicted molar refractivity (Wildman–Crippen MR) is 37.3 cm³/mol. The lowest BCUT2D eigenvalue weighted by molar-refractivity contribution is -0.131. The first-order valence-electron chi connectivity index (χ1n) is 3.86. The molecule has 0 aromatic carbocycles. The van der Waals surface area contributed by atoms with E-state index in [0.29, 0.717) is 5.92 Å². The Labute approximate surface area is 60.4 Å². The quantitative estimate of drug-likeness (QED) is 0.505. The highest BCUT2D eigenvalue weighted by molar-refractivity contribution is 5.79. The fourth-order valence-electron chi connectivity index (χ4n) is 1.75. The number of fused-ring (bicyclic) bond motifs is 2. The van der Waals surface area contributed by atoms with Crippen molar-refractivity contribution in [3.05, 3.63) is 0 Å². The summed E-state index contributed by atoms with van der Waals surface area (Å²) in [6, 6.07) is 0. The van der Waals surface area contributed by atoms with E-state index in [4.69, 9.17) is 0 Å². The minimum atomic E-state index is 0.260. The number of piperidine rings is 1. The molecular weight excluding hydrogens is 128 g/mol. The minimum Gasteiger partial charge on any atom is -0.343 e. The summed E-state index contributed by atoms with van der Waals surface area (Å²) >= 11 is 0. The molecule has 56 valence electrons. The lowest BCUT2D eigenvalue weighted by Crippen LogP contribution is -2.53. The number of nitrogens with one attached hydrogen (secondary N) is 1. The van der Waals surface area contributed by atoms with Crippen LogP contribution in [0.5, 0.6) is 0 Å².